The molecule has 188 valence electrons. The van der Waals surface area contributed by atoms with Gasteiger partial charge in [0.05, 0.1) is 6.04 Å². The molecule has 0 bridgehead atoms. The van der Waals surface area contributed by atoms with Crippen molar-refractivity contribution < 1.29 is 23.9 Å². The van der Waals surface area contributed by atoms with Crippen LogP contribution in [-0.4, -0.2) is 63.3 Å². The summed E-state index contributed by atoms with van der Waals surface area (Å²) >= 11 is 0. The Bertz CT molecular complexity index is 1230. The maximum Gasteiger partial charge on any atom is 0.312 e. The van der Waals surface area contributed by atoms with Crippen molar-refractivity contribution in [3.8, 4) is 5.75 Å². The SMILES string of the molecule is Cc1ccc(CNC(=O)c2nc3n(c(=O)c2O)[C@@H](C)CCC[C@H]3N(C)C(=O)C(=O)N(C)C)cc1F. The van der Waals surface area contributed by atoms with E-state index in [2.05, 4.69) is 10.3 Å². The molecule has 0 fully saturated rings. The van der Waals surface area contributed by atoms with Crippen LogP contribution in [-0.2, 0) is 16.1 Å². The number of fused-ring (bicyclic) bond motifs is 1. The summed E-state index contributed by atoms with van der Waals surface area (Å²) in [4.78, 5) is 57.7. The molecule has 0 saturated carbocycles. The van der Waals surface area contributed by atoms with Crippen molar-refractivity contribution in [2.24, 2.45) is 0 Å². The summed E-state index contributed by atoms with van der Waals surface area (Å²) in [5.74, 6) is -3.45. The van der Waals surface area contributed by atoms with Crippen LogP contribution in [0.5, 0.6) is 5.75 Å². The highest BCUT2D eigenvalue weighted by Gasteiger charge is 2.35. The number of aromatic hydroxyl groups is 1. The number of nitrogens with one attached hydrogen (secondary N) is 1. The number of nitrogens with zero attached hydrogens (tertiary/aromatic N) is 4. The second kappa shape index (κ2) is 10.2. The quantitative estimate of drug-likeness (QED) is 0.632. The molecular weight excluding hydrogens is 457 g/mol. The molecule has 2 atom stereocenters. The molecular formula is C24H30FN5O5. The number of amides is 3. The Hall–Kier alpha value is -3.76. The highest BCUT2D eigenvalue weighted by Crippen LogP contribution is 2.32. The maximum atomic E-state index is 13.8. The van der Waals surface area contributed by atoms with Gasteiger partial charge in [-0.25, -0.2) is 9.37 Å². The lowest BCUT2D eigenvalue weighted by Gasteiger charge is -2.29. The van der Waals surface area contributed by atoms with Crippen LogP contribution in [0.25, 0.3) is 0 Å². The van der Waals surface area contributed by atoms with Gasteiger partial charge in [-0.1, -0.05) is 12.1 Å². The Morgan fingerprint density at radius 1 is 1.20 bits per heavy atom. The monoisotopic (exact) mass is 487 g/mol. The third-order valence-electron chi connectivity index (χ3n) is 6.24. The second-order valence-corrected chi connectivity index (χ2v) is 9.02. The molecule has 3 rings (SSSR count). The molecule has 1 aliphatic rings. The molecule has 1 aromatic carbocycles. The van der Waals surface area contributed by atoms with Crippen molar-refractivity contribution in [3.63, 3.8) is 0 Å². The zero-order valence-electron chi connectivity index (χ0n) is 20.5. The summed E-state index contributed by atoms with van der Waals surface area (Å²) in [7, 11) is 4.36. The Kier molecular flexibility index (Phi) is 7.57. The normalized spacial score (nSPS) is 17.2. The van der Waals surface area contributed by atoms with Crippen LogP contribution in [0, 0.1) is 12.7 Å². The fourth-order valence-corrected chi connectivity index (χ4v) is 4.09. The fraction of sp³-hybridized carbons (Fsp3) is 0.458. The van der Waals surface area contributed by atoms with Crippen molar-refractivity contribution in [3.05, 3.63) is 57.0 Å². The van der Waals surface area contributed by atoms with E-state index in [-0.39, 0.29) is 18.4 Å². The second-order valence-electron chi connectivity index (χ2n) is 9.02. The number of hydrogen-bond acceptors (Lipinski definition) is 6. The van der Waals surface area contributed by atoms with Crippen LogP contribution >= 0.6 is 0 Å². The van der Waals surface area contributed by atoms with Crippen molar-refractivity contribution in [1.82, 2.24) is 24.7 Å². The predicted molar refractivity (Wildman–Crippen MR) is 125 cm³/mol. The van der Waals surface area contributed by atoms with E-state index in [0.29, 0.717) is 30.4 Å². The first kappa shape index (κ1) is 25.9. The molecule has 0 spiro atoms. The Balaban J connectivity index is 1.99. The van der Waals surface area contributed by atoms with Crippen molar-refractivity contribution in [2.45, 2.75) is 51.7 Å². The third-order valence-corrected chi connectivity index (χ3v) is 6.24. The van der Waals surface area contributed by atoms with Crippen LogP contribution in [0.2, 0.25) is 0 Å². The average molecular weight is 488 g/mol. The van der Waals surface area contributed by atoms with Crippen molar-refractivity contribution >= 4 is 17.7 Å². The first-order valence-electron chi connectivity index (χ1n) is 11.3. The third kappa shape index (κ3) is 5.18. The summed E-state index contributed by atoms with van der Waals surface area (Å²) in [6.45, 7) is 3.35. The van der Waals surface area contributed by atoms with Gasteiger partial charge in [-0.05, 0) is 50.3 Å². The minimum absolute atomic E-state index is 0.0505. The molecule has 1 aliphatic heterocycles. The summed E-state index contributed by atoms with van der Waals surface area (Å²) in [5, 5.41) is 13.1. The van der Waals surface area contributed by atoms with E-state index in [0.717, 1.165) is 4.90 Å². The minimum Gasteiger partial charge on any atom is -0.501 e. The van der Waals surface area contributed by atoms with Gasteiger partial charge in [0.2, 0.25) is 5.75 Å². The lowest BCUT2D eigenvalue weighted by molar-refractivity contribution is -0.151. The minimum atomic E-state index is -0.821. The number of benzene rings is 1. The zero-order valence-corrected chi connectivity index (χ0v) is 20.5. The number of halogens is 1. The average Bonchev–Trinajstić information content (AvgIpc) is 2.98. The van der Waals surface area contributed by atoms with Gasteiger partial charge >= 0.3 is 11.8 Å². The standard InChI is InChI=1S/C24H30FN5O5/c1-13-9-10-15(11-16(13)25)12-26-21(32)18-19(31)22(33)30-14(2)7-6-8-17(20(30)27-18)29(5)24(35)23(34)28(3)4/h9-11,14,17,31H,6-8,12H2,1-5H3,(H,26,32)/t14-,17+/m0/s1. The maximum absolute atomic E-state index is 13.8. The van der Waals surface area contributed by atoms with E-state index in [1.807, 2.05) is 0 Å². The topological polar surface area (TPSA) is 125 Å². The van der Waals surface area contributed by atoms with Crippen molar-refractivity contribution in [2.75, 3.05) is 21.1 Å². The molecule has 11 heteroatoms. The van der Waals surface area contributed by atoms with Gasteiger partial charge in [-0.3, -0.25) is 23.7 Å². The number of hydrogen-bond donors (Lipinski definition) is 2. The van der Waals surface area contributed by atoms with E-state index in [9.17, 15) is 28.7 Å². The molecule has 0 unspecified atom stereocenters. The summed E-state index contributed by atoms with van der Waals surface area (Å²) in [6.07, 6.45) is 1.62. The van der Waals surface area contributed by atoms with Crippen LogP contribution in [0.3, 0.4) is 0 Å². The van der Waals surface area contributed by atoms with Gasteiger partial charge < -0.3 is 20.2 Å². The van der Waals surface area contributed by atoms with Gasteiger partial charge in [-0.2, -0.15) is 0 Å². The first-order chi connectivity index (χ1) is 16.4. The van der Waals surface area contributed by atoms with Crippen molar-refractivity contribution in [1.29, 1.82) is 0 Å². The highest BCUT2D eigenvalue weighted by atomic mass is 19.1. The number of rotatable bonds is 4. The zero-order chi connectivity index (χ0) is 26.0. The molecule has 2 aromatic rings. The predicted octanol–water partition coefficient (Wildman–Crippen LogP) is 1.66. The molecule has 2 N–H and O–H groups in total. The van der Waals surface area contributed by atoms with Gasteiger partial charge in [0.1, 0.15) is 11.6 Å². The van der Waals surface area contributed by atoms with Crippen LogP contribution < -0.4 is 10.9 Å². The first-order valence-corrected chi connectivity index (χ1v) is 11.3. The van der Waals surface area contributed by atoms with E-state index >= 15 is 0 Å². The molecule has 10 nitrogen and oxygen atoms in total. The summed E-state index contributed by atoms with van der Waals surface area (Å²) < 4.78 is 15.1. The molecule has 2 heterocycles. The number of aryl methyl sites for hydroxylation is 1. The van der Waals surface area contributed by atoms with Gasteiger partial charge in [0.15, 0.2) is 5.69 Å². The van der Waals surface area contributed by atoms with Gasteiger partial charge in [-0.15, -0.1) is 0 Å². The number of aromatic nitrogens is 2. The Morgan fingerprint density at radius 3 is 2.51 bits per heavy atom. The van der Waals surface area contributed by atoms with E-state index < -0.39 is 46.6 Å². The smallest absolute Gasteiger partial charge is 0.312 e. The Morgan fingerprint density at radius 2 is 1.89 bits per heavy atom. The molecule has 0 radical (unpaired) electrons. The van der Waals surface area contributed by atoms with Crippen LogP contribution in [0.1, 0.15) is 65.7 Å². The summed E-state index contributed by atoms with van der Waals surface area (Å²) in [5.41, 5.74) is -0.343. The van der Waals surface area contributed by atoms with Gasteiger partial charge in [0.25, 0.3) is 11.5 Å². The van der Waals surface area contributed by atoms with E-state index in [4.69, 9.17) is 0 Å². The number of carbonyl (C=O) groups is 3. The van der Waals surface area contributed by atoms with E-state index in [1.165, 1.54) is 36.7 Å². The van der Waals surface area contributed by atoms with Crippen LogP contribution in [0.4, 0.5) is 4.39 Å². The van der Waals surface area contributed by atoms with Gasteiger partial charge in [0, 0.05) is 33.7 Å². The lowest BCUT2D eigenvalue weighted by Crippen LogP contribution is -2.44. The molecule has 0 aliphatic carbocycles. The Labute approximate surface area is 202 Å². The number of likely N-dealkylation sites (N-methyl/N-ethyl adjacent to an activating group) is 2. The van der Waals surface area contributed by atoms with Crippen LogP contribution in [0.15, 0.2) is 23.0 Å². The molecule has 35 heavy (non-hydrogen) atoms. The molecule has 0 saturated heterocycles. The fourth-order valence-electron chi connectivity index (χ4n) is 4.09. The summed E-state index contributed by atoms with van der Waals surface area (Å²) in [6, 6.07) is 3.41. The number of carbonyl (C=O) groups excluding carboxylic acids is 3. The molecule has 3 amide bonds. The highest BCUT2D eigenvalue weighted by molar-refractivity contribution is 6.34. The largest absolute Gasteiger partial charge is 0.501 e. The molecule has 1 aromatic heterocycles. The van der Waals surface area contributed by atoms with E-state index in [1.54, 1.807) is 26.0 Å². The lowest BCUT2D eigenvalue weighted by atomic mass is 10.1.